The molecule has 0 N–H and O–H groups in total. The highest BCUT2D eigenvalue weighted by atomic mass is 16.3. The lowest BCUT2D eigenvalue weighted by Crippen LogP contribution is -1.97. The van der Waals surface area contributed by atoms with Crippen molar-refractivity contribution in [3.8, 4) is 22.9 Å². The highest BCUT2D eigenvalue weighted by Crippen LogP contribution is 2.41. The predicted octanol–water partition coefficient (Wildman–Crippen LogP) is 7.62. The van der Waals surface area contributed by atoms with Crippen molar-refractivity contribution in [2.75, 3.05) is 0 Å². The lowest BCUT2D eigenvalue weighted by Gasteiger charge is -2.13. The van der Waals surface area contributed by atoms with E-state index in [0.29, 0.717) is 5.69 Å². The van der Waals surface area contributed by atoms with Crippen LogP contribution in [-0.2, 0) is 0 Å². The molecule has 158 valence electrons. The number of furan rings is 1. The zero-order valence-corrected chi connectivity index (χ0v) is 18.1. The van der Waals surface area contributed by atoms with Gasteiger partial charge >= 0.3 is 0 Å². The van der Waals surface area contributed by atoms with Crippen LogP contribution in [0.25, 0.3) is 60.6 Å². The van der Waals surface area contributed by atoms with E-state index in [-0.39, 0.29) is 0 Å². The number of rotatable bonds is 2. The second-order valence-electron chi connectivity index (χ2n) is 8.35. The Labute approximate surface area is 194 Å². The Morgan fingerprint density at radius 2 is 1.50 bits per heavy atom. The SMILES string of the molecule is N#Cc1ccc(-c2ccccc2-n2c3ccccc3c3c4oc5ccccc5c4ccc32)cn1. The Balaban J connectivity index is 1.60. The molecule has 0 radical (unpaired) electrons. The topological polar surface area (TPSA) is 54.8 Å². The van der Waals surface area contributed by atoms with Crippen LogP contribution in [0.15, 0.2) is 108 Å². The first-order valence-corrected chi connectivity index (χ1v) is 11.1. The number of hydrogen-bond donors (Lipinski definition) is 0. The molecular formula is C30H17N3O. The third-order valence-corrected chi connectivity index (χ3v) is 6.51. The number of pyridine rings is 1. The molecule has 7 rings (SSSR count). The van der Waals surface area contributed by atoms with Gasteiger partial charge in [-0.3, -0.25) is 0 Å². The fourth-order valence-corrected chi connectivity index (χ4v) is 5.03. The van der Waals surface area contributed by atoms with E-state index in [1.165, 1.54) is 0 Å². The molecule has 0 aliphatic carbocycles. The van der Waals surface area contributed by atoms with Crippen molar-refractivity contribution in [1.82, 2.24) is 9.55 Å². The summed E-state index contributed by atoms with van der Waals surface area (Å²) in [6, 6.07) is 35.1. The molecular weight excluding hydrogens is 418 g/mol. The fraction of sp³-hybridized carbons (Fsp3) is 0. The molecule has 3 heterocycles. The minimum atomic E-state index is 0.408. The second-order valence-corrected chi connectivity index (χ2v) is 8.35. The Bertz CT molecular complexity index is 1920. The number of fused-ring (bicyclic) bond motifs is 7. The van der Waals surface area contributed by atoms with Gasteiger partial charge in [0.05, 0.1) is 22.1 Å². The maximum atomic E-state index is 9.15. The highest BCUT2D eigenvalue weighted by Gasteiger charge is 2.19. The second kappa shape index (κ2) is 7.06. The average molecular weight is 435 g/mol. The first-order chi connectivity index (χ1) is 16.8. The number of benzene rings is 4. The molecule has 3 aromatic heterocycles. The largest absolute Gasteiger partial charge is 0.455 e. The first kappa shape index (κ1) is 18.7. The third kappa shape index (κ3) is 2.55. The molecule has 34 heavy (non-hydrogen) atoms. The summed E-state index contributed by atoms with van der Waals surface area (Å²) in [5.74, 6) is 0. The van der Waals surface area contributed by atoms with Crippen molar-refractivity contribution < 1.29 is 4.42 Å². The van der Waals surface area contributed by atoms with Crippen LogP contribution in [0.4, 0.5) is 0 Å². The van der Waals surface area contributed by atoms with Crippen LogP contribution in [-0.4, -0.2) is 9.55 Å². The van der Waals surface area contributed by atoms with Crippen LogP contribution in [0.2, 0.25) is 0 Å². The molecule has 0 fully saturated rings. The van der Waals surface area contributed by atoms with E-state index >= 15 is 0 Å². The molecule has 0 aliphatic heterocycles. The summed E-state index contributed by atoms with van der Waals surface area (Å²) in [6.07, 6.45) is 1.77. The van der Waals surface area contributed by atoms with Crippen LogP contribution < -0.4 is 0 Å². The number of nitriles is 1. The first-order valence-electron chi connectivity index (χ1n) is 11.1. The molecule has 0 amide bonds. The lowest BCUT2D eigenvalue weighted by molar-refractivity contribution is 0.673. The average Bonchev–Trinajstić information content (AvgIpc) is 3.44. The molecule has 7 aromatic rings. The minimum absolute atomic E-state index is 0.408. The Hall–Kier alpha value is -4.88. The molecule has 0 unspecified atom stereocenters. The van der Waals surface area contributed by atoms with Crippen LogP contribution in [0.1, 0.15) is 5.69 Å². The maximum absolute atomic E-state index is 9.15. The predicted molar refractivity (Wildman–Crippen MR) is 136 cm³/mol. The molecule has 0 saturated carbocycles. The van der Waals surface area contributed by atoms with Gasteiger partial charge in [-0.25, -0.2) is 4.98 Å². The molecule has 4 aromatic carbocycles. The highest BCUT2D eigenvalue weighted by molar-refractivity contribution is 6.23. The minimum Gasteiger partial charge on any atom is -0.455 e. The van der Waals surface area contributed by atoms with Crippen molar-refractivity contribution in [2.24, 2.45) is 0 Å². The normalized spacial score (nSPS) is 11.5. The standard InChI is InChI=1S/C30H17N3O/c31-17-20-14-13-19(18-32-20)21-7-1-4-10-25(21)33-26-11-5-2-9-24(26)29-27(33)16-15-23-22-8-3-6-12-28(22)34-30(23)29/h1-16,18H. The zero-order chi connectivity index (χ0) is 22.6. The monoisotopic (exact) mass is 435 g/mol. The van der Waals surface area contributed by atoms with E-state index < -0.39 is 0 Å². The number of hydrogen-bond acceptors (Lipinski definition) is 3. The maximum Gasteiger partial charge on any atom is 0.145 e. The Morgan fingerprint density at radius 1 is 0.706 bits per heavy atom. The van der Waals surface area contributed by atoms with Crippen molar-refractivity contribution in [3.63, 3.8) is 0 Å². The van der Waals surface area contributed by atoms with Gasteiger partial charge in [0.15, 0.2) is 0 Å². The van der Waals surface area contributed by atoms with Gasteiger partial charge in [-0.05, 0) is 42.5 Å². The molecule has 0 saturated heterocycles. The van der Waals surface area contributed by atoms with E-state index in [4.69, 9.17) is 9.68 Å². The summed E-state index contributed by atoms with van der Waals surface area (Å²) in [4.78, 5) is 4.30. The molecule has 4 heteroatoms. The van der Waals surface area contributed by atoms with Gasteiger partial charge in [0, 0.05) is 33.5 Å². The van der Waals surface area contributed by atoms with Gasteiger partial charge in [0.2, 0.25) is 0 Å². The third-order valence-electron chi connectivity index (χ3n) is 6.51. The quantitative estimate of drug-likeness (QED) is 0.281. The van der Waals surface area contributed by atoms with E-state index in [1.807, 2.05) is 30.3 Å². The molecule has 0 atom stereocenters. The van der Waals surface area contributed by atoms with Gasteiger partial charge in [-0.1, -0.05) is 54.6 Å². The summed E-state index contributed by atoms with van der Waals surface area (Å²) < 4.78 is 8.71. The molecule has 0 spiro atoms. The summed E-state index contributed by atoms with van der Waals surface area (Å²) >= 11 is 0. The van der Waals surface area contributed by atoms with Gasteiger partial charge in [0.1, 0.15) is 22.9 Å². The van der Waals surface area contributed by atoms with Crippen LogP contribution in [0.5, 0.6) is 0 Å². The number of aromatic nitrogens is 2. The summed E-state index contributed by atoms with van der Waals surface area (Å²) in [6.45, 7) is 0. The van der Waals surface area contributed by atoms with Gasteiger partial charge in [-0.2, -0.15) is 5.26 Å². The number of para-hydroxylation sites is 3. The molecule has 0 bridgehead atoms. The summed E-state index contributed by atoms with van der Waals surface area (Å²) in [5.41, 5.74) is 7.47. The number of nitrogens with zero attached hydrogens (tertiary/aromatic N) is 3. The van der Waals surface area contributed by atoms with Crippen LogP contribution in [0.3, 0.4) is 0 Å². The zero-order valence-electron chi connectivity index (χ0n) is 18.1. The molecule has 0 aliphatic rings. The van der Waals surface area contributed by atoms with Crippen molar-refractivity contribution >= 4 is 43.7 Å². The summed E-state index contributed by atoms with van der Waals surface area (Å²) in [5, 5.41) is 13.7. The van der Waals surface area contributed by atoms with Crippen LogP contribution >= 0.6 is 0 Å². The van der Waals surface area contributed by atoms with Crippen molar-refractivity contribution in [3.05, 3.63) is 109 Å². The van der Waals surface area contributed by atoms with E-state index in [2.05, 4.69) is 76.3 Å². The smallest absolute Gasteiger partial charge is 0.145 e. The summed E-state index contributed by atoms with van der Waals surface area (Å²) in [7, 11) is 0. The molecule has 4 nitrogen and oxygen atoms in total. The van der Waals surface area contributed by atoms with Crippen molar-refractivity contribution in [2.45, 2.75) is 0 Å². The van der Waals surface area contributed by atoms with Crippen LogP contribution in [0, 0.1) is 11.3 Å². The van der Waals surface area contributed by atoms with E-state index in [1.54, 1.807) is 12.3 Å². The lowest BCUT2D eigenvalue weighted by atomic mass is 10.0. The fourth-order valence-electron chi connectivity index (χ4n) is 5.03. The van der Waals surface area contributed by atoms with Gasteiger partial charge in [-0.15, -0.1) is 0 Å². The van der Waals surface area contributed by atoms with E-state index in [0.717, 1.165) is 60.6 Å². The van der Waals surface area contributed by atoms with Crippen molar-refractivity contribution in [1.29, 1.82) is 5.26 Å². The van der Waals surface area contributed by atoms with Gasteiger partial charge in [0.25, 0.3) is 0 Å². The van der Waals surface area contributed by atoms with E-state index in [9.17, 15) is 0 Å². The Kier molecular flexibility index (Phi) is 3.88. The van der Waals surface area contributed by atoms with Gasteiger partial charge < -0.3 is 8.98 Å². The Morgan fingerprint density at radius 3 is 2.35 bits per heavy atom.